The molecule has 2 rings (SSSR count). The monoisotopic (exact) mass is 361 g/mol. The van der Waals surface area contributed by atoms with Gasteiger partial charge in [0.25, 0.3) is 5.91 Å². The number of hydrogen-bond acceptors (Lipinski definition) is 4. The Morgan fingerprint density at radius 1 is 1.04 bits per heavy atom. The largest absolute Gasteiger partial charge is 0.489 e. The Labute approximate surface area is 152 Å². The fourth-order valence-corrected chi connectivity index (χ4v) is 2.20. The van der Waals surface area contributed by atoms with E-state index < -0.39 is 12.1 Å². The molecular formula is C19H20ClNO4. The van der Waals surface area contributed by atoms with Crippen LogP contribution in [-0.2, 0) is 16.1 Å². The second kappa shape index (κ2) is 8.53. The smallest absolute Gasteiger partial charge is 0.338 e. The Hall–Kier alpha value is -2.53. The summed E-state index contributed by atoms with van der Waals surface area (Å²) in [5.41, 5.74) is 1.29. The first-order chi connectivity index (χ1) is 11.9. The lowest BCUT2D eigenvalue weighted by molar-refractivity contribution is -0.137. The van der Waals surface area contributed by atoms with E-state index in [0.717, 1.165) is 5.56 Å². The number of hydrogen-bond donors (Lipinski definition) is 0. The molecule has 0 saturated carbocycles. The molecule has 1 atom stereocenters. The summed E-state index contributed by atoms with van der Waals surface area (Å²) in [5.74, 6) is -0.0851. The maximum absolute atomic E-state index is 12.1. The summed E-state index contributed by atoms with van der Waals surface area (Å²) in [4.78, 5) is 25.2. The van der Waals surface area contributed by atoms with Gasteiger partial charge in [0.15, 0.2) is 6.10 Å². The van der Waals surface area contributed by atoms with Gasteiger partial charge in [0.05, 0.1) is 5.56 Å². The number of carbonyl (C=O) groups is 2. The Morgan fingerprint density at radius 2 is 1.64 bits per heavy atom. The molecule has 2 aromatic carbocycles. The van der Waals surface area contributed by atoms with Gasteiger partial charge in [-0.3, -0.25) is 4.79 Å². The van der Waals surface area contributed by atoms with Gasteiger partial charge in [0.1, 0.15) is 12.4 Å². The van der Waals surface area contributed by atoms with Crippen molar-refractivity contribution < 1.29 is 19.1 Å². The van der Waals surface area contributed by atoms with Gasteiger partial charge in [-0.2, -0.15) is 0 Å². The van der Waals surface area contributed by atoms with Gasteiger partial charge in [-0.1, -0.05) is 23.7 Å². The molecule has 0 aromatic heterocycles. The van der Waals surface area contributed by atoms with Crippen LogP contribution in [0.2, 0.25) is 5.02 Å². The number of halogens is 1. The van der Waals surface area contributed by atoms with E-state index in [0.29, 0.717) is 22.9 Å². The summed E-state index contributed by atoms with van der Waals surface area (Å²) in [6.07, 6.45) is -0.824. The minimum absolute atomic E-state index is 0.263. The van der Waals surface area contributed by atoms with E-state index in [-0.39, 0.29) is 5.91 Å². The molecular weight excluding hydrogens is 342 g/mol. The Kier molecular flexibility index (Phi) is 6.42. The first kappa shape index (κ1) is 18.8. The van der Waals surface area contributed by atoms with Crippen molar-refractivity contribution in [2.24, 2.45) is 0 Å². The number of likely N-dealkylation sites (N-methyl/N-ethyl adjacent to an activating group) is 1. The molecule has 0 aliphatic rings. The Balaban J connectivity index is 1.91. The fourth-order valence-electron chi connectivity index (χ4n) is 2.08. The Morgan fingerprint density at radius 3 is 2.20 bits per heavy atom. The maximum Gasteiger partial charge on any atom is 0.338 e. The summed E-state index contributed by atoms with van der Waals surface area (Å²) in [5, 5.41) is 0.650. The zero-order valence-corrected chi connectivity index (χ0v) is 15.1. The lowest BCUT2D eigenvalue weighted by Gasteiger charge is -2.17. The van der Waals surface area contributed by atoms with Crippen LogP contribution >= 0.6 is 11.6 Å². The highest BCUT2D eigenvalue weighted by Crippen LogP contribution is 2.17. The van der Waals surface area contributed by atoms with Crippen LogP contribution in [0, 0.1) is 0 Å². The van der Waals surface area contributed by atoms with Crippen molar-refractivity contribution in [2.45, 2.75) is 19.6 Å². The third-order valence-electron chi connectivity index (χ3n) is 3.48. The first-order valence-electron chi connectivity index (χ1n) is 7.76. The molecule has 0 heterocycles. The lowest BCUT2D eigenvalue weighted by atomic mass is 10.1. The molecule has 6 heteroatoms. The predicted molar refractivity (Wildman–Crippen MR) is 95.8 cm³/mol. The fraction of sp³-hybridized carbons (Fsp3) is 0.263. The van der Waals surface area contributed by atoms with Crippen molar-refractivity contribution in [1.29, 1.82) is 0 Å². The molecule has 0 aliphatic carbocycles. The number of esters is 1. The maximum atomic E-state index is 12.1. The zero-order valence-electron chi connectivity index (χ0n) is 14.4. The van der Waals surface area contributed by atoms with Crippen LogP contribution in [0.5, 0.6) is 5.75 Å². The summed E-state index contributed by atoms with van der Waals surface area (Å²) in [6.45, 7) is 1.92. The average Bonchev–Trinajstić information content (AvgIpc) is 2.60. The number of rotatable bonds is 6. The number of amides is 1. The first-order valence-corrected chi connectivity index (χ1v) is 8.14. The molecule has 0 unspecified atom stereocenters. The molecule has 5 nitrogen and oxygen atoms in total. The van der Waals surface area contributed by atoms with Gasteiger partial charge in [0.2, 0.25) is 0 Å². The molecule has 132 valence electrons. The topological polar surface area (TPSA) is 55.8 Å². The normalized spacial score (nSPS) is 11.5. The number of benzene rings is 2. The van der Waals surface area contributed by atoms with E-state index in [1.54, 1.807) is 69.6 Å². The second-order valence-electron chi connectivity index (χ2n) is 5.72. The minimum Gasteiger partial charge on any atom is -0.489 e. The quantitative estimate of drug-likeness (QED) is 0.738. The van der Waals surface area contributed by atoms with E-state index >= 15 is 0 Å². The van der Waals surface area contributed by atoms with Gasteiger partial charge >= 0.3 is 5.97 Å². The predicted octanol–water partition coefficient (Wildman–Crippen LogP) is 3.55. The van der Waals surface area contributed by atoms with E-state index in [1.165, 1.54) is 4.90 Å². The highest BCUT2D eigenvalue weighted by Gasteiger charge is 2.20. The van der Waals surface area contributed by atoms with Crippen molar-refractivity contribution >= 4 is 23.5 Å². The molecule has 0 bridgehead atoms. The third kappa shape index (κ3) is 5.50. The molecule has 0 fully saturated rings. The molecule has 0 spiro atoms. The van der Waals surface area contributed by atoms with Gasteiger partial charge < -0.3 is 14.4 Å². The van der Waals surface area contributed by atoms with Crippen molar-refractivity contribution in [2.75, 3.05) is 14.1 Å². The van der Waals surface area contributed by atoms with E-state index in [4.69, 9.17) is 21.1 Å². The van der Waals surface area contributed by atoms with Crippen LogP contribution in [0.3, 0.4) is 0 Å². The standard InChI is InChI=1S/C19H20ClNO4/c1-13(18(22)21(2)3)25-19(23)15-6-4-14(5-7-15)12-24-17-10-8-16(20)9-11-17/h4-11,13H,12H2,1-3H3/t13-/m0/s1. The Bertz CT molecular complexity index is 726. The molecule has 0 aliphatic heterocycles. The van der Waals surface area contributed by atoms with Gasteiger partial charge in [-0.25, -0.2) is 4.79 Å². The van der Waals surface area contributed by atoms with Crippen molar-refractivity contribution in [3.63, 3.8) is 0 Å². The van der Waals surface area contributed by atoms with Crippen molar-refractivity contribution in [1.82, 2.24) is 4.90 Å². The molecule has 1 amide bonds. The minimum atomic E-state index is -0.824. The van der Waals surface area contributed by atoms with E-state index in [1.807, 2.05) is 0 Å². The van der Waals surface area contributed by atoms with Gasteiger partial charge in [0, 0.05) is 19.1 Å². The molecule has 0 saturated heterocycles. The van der Waals surface area contributed by atoms with Crippen LogP contribution < -0.4 is 4.74 Å². The summed E-state index contributed by atoms with van der Waals surface area (Å²) in [6, 6.07) is 14.0. The third-order valence-corrected chi connectivity index (χ3v) is 3.73. The summed E-state index contributed by atoms with van der Waals surface area (Å²) >= 11 is 5.83. The molecule has 0 N–H and O–H groups in total. The van der Waals surface area contributed by atoms with Gasteiger partial charge in [-0.05, 0) is 48.9 Å². The molecule has 25 heavy (non-hydrogen) atoms. The average molecular weight is 362 g/mol. The summed E-state index contributed by atoms with van der Waals surface area (Å²) < 4.78 is 10.8. The molecule has 2 aromatic rings. The van der Waals surface area contributed by atoms with Crippen LogP contribution in [0.1, 0.15) is 22.8 Å². The van der Waals surface area contributed by atoms with Crippen LogP contribution in [-0.4, -0.2) is 37.0 Å². The van der Waals surface area contributed by atoms with Crippen LogP contribution in [0.25, 0.3) is 0 Å². The highest BCUT2D eigenvalue weighted by atomic mass is 35.5. The molecule has 0 radical (unpaired) electrons. The van der Waals surface area contributed by atoms with Crippen LogP contribution in [0.4, 0.5) is 0 Å². The summed E-state index contributed by atoms with van der Waals surface area (Å²) in [7, 11) is 3.23. The van der Waals surface area contributed by atoms with Crippen LogP contribution in [0.15, 0.2) is 48.5 Å². The highest BCUT2D eigenvalue weighted by molar-refractivity contribution is 6.30. The second-order valence-corrected chi connectivity index (χ2v) is 6.16. The number of nitrogens with zero attached hydrogens (tertiary/aromatic N) is 1. The van der Waals surface area contributed by atoms with E-state index in [9.17, 15) is 9.59 Å². The lowest BCUT2D eigenvalue weighted by Crippen LogP contribution is -2.34. The van der Waals surface area contributed by atoms with E-state index in [2.05, 4.69) is 0 Å². The SMILES string of the molecule is C[C@H](OC(=O)c1ccc(COc2ccc(Cl)cc2)cc1)C(=O)N(C)C. The van der Waals surface area contributed by atoms with Gasteiger partial charge in [-0.15, -0.1) is 0 Å². The van der Waals surface area contributed by atoms with Crippen molar-refractivity contribution in [3.8, 4) is 5.75 Å². The zero-order chi connectivity index (χ0) is 18.4. The number of carbonyl (C=O) groups excluding carboxylic acids is 2. The van der Waals surface area contributed by atoms with Crippen molar-refractivity contribution in [3.05, 3.63) is 64.7 Å². The number of ether oxygens (including phenoxy) is 2.